The molecule has 0 aliphatic carbocycles. The van der Waals surface area contributed by atoms with Crippen molar-refractivity contribution in [3.63, 3.8) is 0 Å². The van der Waals surface area contributed by atoms with E-state index in [1.165, 1.54) is 0 Å². The van der Waals surface area contributed by atoms with Crippen molar-refractivity contribution in [1.29, 1.82) is 0 Å². The maximum atomic E-state index is 12.8. The van der Waals surface area contributed by atoms with Gasteiger partial charge in [-0.1, -0.05) is 0 Å². The molecule has 0 saturated carbocycles. The van der Waals surface area contributed by atoms with E-state index in [-0.39, 0.29) is 74.9 Å². The third-order valence-corrected chi connectivity index (χ3v) is 7.49. The number of rotatable bonds is 22. The molecule has 0 fully saturated rings. The summed E-state index contributed by atoms with van der Waals surface area (Å²) in [5, 5.41) is 0. The molecule has 0 heterocycles. The Balaban J connectivity index is 5.45. The van der Waals surface area contributed by atoms with Crippen molar-refractivity contribution in [2.45, 2.75) is 12.8 Å². The quantitative estimate of drug-likeness (QED) is 0.101. The molecule has 0 aliphatic heterocycles. The lowest BCUT2D eigenvalue weighted by atomic mass is 9.84. The van der Waals surface area contributed by atoms with Crippen molar-refractivity contribution in [3.8, 4) is 0 Å². The first kappa shape index (κ1) is 33.0. The van der Waals surface area contributed by atoms with Gasteiger partial charge in [-0.05, 0) is 12.8 Å². The van der Waals surface area contributed by atoms with Crippen molar-refractivity contribution in [3.05, 3.63) is 0 Å². The van der Waals surface area contributed by atoms with Crippen LogP contribution in [0, 0.1) is 5.41 Å². The number of alkyl halides is 6. The van der Waals surface area contributed by atoms with Gasteiger partial charge in [0.2, 0.25) is 0 Å². The van der Waals surface area contributed by atoms with Gasteiger partial charge in [-0.25, -0.2) is 9.13 Å². The molecule has 188 valence electrons. The number of phosphoric acid groups is 2. The summed E-state index contributed by atoms with van der Waals surface area (Å²) < 4.78 is 57.4. The largest absolute Gasteiger partial charge is 0.474 e. The second-order valence-electron chi connectivity index (χ2n) is 5.91. The molecule has 0 N–H and O–H groups in total. The number of hydrogen-bond acceptors (Lipinski definition) is 8. The average Bonchev–Trinajstić information content (AvgIpc) is 2.77. The topological polar surface area (TPSA) is 89.5 Å². The van der Waals surface area contributed by atoms with Gasteiger partial charge in [0.15, 0.2) is 0 Å². The monoisotopic (exact) mass is 608 g/mol. The highest BCUT2D eigenvalue weighted by Gasteiger charge is 2.39. The van der Waals surface area contributed by atoms with Gasteiger partial charge in [0.05, 0.1) is 39.6 Å². The Kier molecular flexibility index (Phi) is 20.4. The fourth-order valence-corrected chi connectivity index (χ4v) is 6.21. The molecule has 0 spiro atoms. The second-order valence-corrected chi connectivity index (χ2v) is 11.5. The lowest BCUT2D eigenvalue weighted by Gasteiger charge is -2.34. The molecule has 0 bridgehead atoms. The predicted octanol–water partition coefficient (Wildman–Crippen LogP) is 6.50. The zero-order valence-corrected chi connectivity index (χ0v) is 23.2. The highest BCUT2D eigenvalue weighted by molar-refractivity contribution is 7.48. The normalized spacial score (nSPS) is 13.1. The van der Waals surface area contributed by atoms with E-state index in [1.54, 1.807) is 0 Å². The molecule has 0 unspecified atom stereocenters. The maximum Gasteiger partial charge on any atom is 0.474 e. The van der Waals surface area contributed by atoms with Gasteiger partial charge in [-0.2, -0.15) is 0 Å². The van der Waals surface area contributed by atoms with Gasteiger partial charge in [0.1, 0.15) is 0 Å². The van der Waals surface area contributed by atoms with E-state index in [9.17, 15) is 9.13 Å². The molecule has 0 atom stereocenters. The first-order valence-electron chi connectivity index (χ1n) is 9.21. The zero-order valence-electron chi connectivity index (χ0n) is 16.8. The molecular formula is C15H28Cl6O8P2. The number of phosphoric ester groups is 2. The number of hydrogen-bond donors (Lipinski definition) is 0. The van der Waals surface area contributed by atoms with Crippen LogP contribution in [0.25, 0.3) is 0 Å². The first-order valence-corrected chi connectivity index (χ1v) is 15.3. The summed E-state index contributed by atoms with van der Waals surface area (Å²) in [6.07, 6.45) is 0.634. The van der Waals surface area contributed by atoms with E-state index in [1.807, 2.05) is 0 Å². The standard InChI is InChI=1S/C15H28Cl6O8P2/c16-3-1-15(2-4-17,13-28-30(22,24-9-5-18)25-10-6-19)14-29-31(23,26-11-7-20)27-12-8-21/h1-14H2. The molecule has 0 rings (SSSR count). The van der Waals surface area contributed by atoms with Crippen molar-refractivity contribution in [2.24, 2.45) is 5.41 Å². The van der Waals surface area contributed by atoms with Gasteiger partial charge in [0, 0.05) is 40.7 Å². The van der Waals surface area contributed by atoms with Crippen LogP contribution in [0.3, 0.4) is 0 Å². The van der Waals surface area contributed by atoms with Gasteiger partial charge in [-0.15, -0.1) is 69.6 Å². The molecule has 31 heavy (non-hydrogen) atoms. The van der Waals surface area contributed by atoms with E-state index in [0.717, 1.165) is 0 Å². The Labute approximate surface area is 213 Å². The molecule has 0 radical (unpaired) electrons. The van der Waals surface area contributed by atoms with Crippen LogP contribution in [0.15, 0.2) is 0 Å². The molecule has 0 aliphatic rings. The summed E-state index contributed by atoms with van der Waals surface area (Å²) in [5.74, 6) is 0.688. The van der Waals surface area contributed by atoms with Crippen LogP contribution in [0.2, 0.25) is 0 Å². The molecule has 0 aromatic carbocycles. The second kappa shape index (κ2) is 19.2. The third-order valence-electron chi connectivity index (χ3n) is 3.61. The van der Waals surface area contributed by atoms with Crippen molar-refractivity contribution in [1.82, 2.24) is 0 Å². The predicted molar refractivity (Wildman–Crippen MR) is 127 cm³/mol. The van der Waals surface area contributed by atoms with Crippen molar-refractivity contribution in [2.75, 3.05) is 74.9 Å². The van der Waals surface area contributed by atoms with Crippen molar-refractivity contribution < 1.29 is 36.3 Å². The fraction of sp³-hybridized carbons (Fsp3) is 1.00. The summed E-state index contributed by atoms with van der Waals surface area (Å²) in [7, 11) is -7.95. The lowest BCUT2D eigenvalue weighted by molar-refractivity contribution is 0.0213. The van der Waals surface area contributed by atoms with Crippen LogP contribution in [0.1, 0.15) is 12.8 Å². The third kappa shape index (κ3) is 14.8. The van der Waals surface area contributed by atoms with E-state index in [0.29, 0.717) is 12.8 Å². The van der Waals surface area contributed by atoms with Crippen LogP contribution in [0.4, 0.5) is 0 Å². The first-order chi connectivity index (χ1) is 14.8. The highest BCUT2D eigenvalue weighted by Crippen LogP contribution is 2.54. The van der Waals surface area contributed by atoms with Crippen molar-refractivity contribution >= 4 is 85.3 Å². The minimum Gasteiger partial charge on any atom is -0.286 e. The minimum absolute atomic E-state index is 0.0661. The molecule has 16 heteroatoms. The SMILES string of the molecule is O=P(OCCCl)(OCCCl)OCC(CCCl)(CCCl)COP(=O)(OCCCl)OCCCl. The van der Waals surface area contributed by atoms with Crippen LogP contribution in [0.5, 0.6) is 0 Å². The average molecular weight is 611 g/mol. The summed E-state index contributed by atoms with van der Waals surface area (Å²) in [6.45, 7) is -0.655. The maximum absolute atomic E-state index is 12.8. The Morgan fingerprint density at radius 2 is 0.774 bits per heavy atom. The summed E-state index contributed by atoms with van der Waals surface area (Å²) >= 11 is 34.3. The highest BCUT2D eigenvalue weighted by atomic mass is 35.5. The van der Waals surface area contributed by atoms with Gasteiger partial charge in [-0.3, -0.25) is 27.1 Å². The van der Waals surface area contributed by atoms with E-state index >= 15 is 0 Å². The lowest BCUT2D eigenvalue weighted by Crippen LogP contribution is -2.33. The Morgan fingerprint density at radius 1 is 0.484 bits per heavy atom. The van der Waals surface area contributed by atoms with Gasteiger partial charge in [0.25, 0.3) is 0 Å². The Morgan fingerprint density at radius 3 is 1.00 bits per heavy atom. The van der Waals surface area contributed by atoms with Crippen LogP contribution in [-0.4, -0.2) is 74.9 Å². The van der Waals surface area contributed by atoms with Crippen LogP contribution >= 0.6 is 85.3 Å². The Hall–Kier alpha value is 1.96. The zero-order chi connectivity index (χ0) is 23.6. The molecule has 0 aromatic rings. The number of halogens is 6. The smallest absolute Gasteiger partial charge is 0.286 e. The minimum atomic E-state index is -3.97. The van der Waals surface area contributed by atoms with E-state index in [4.69, 9.17) is 96.7 Å². The fourth-order valence-electron chi connectivity index (χ4n) is 2.10. The molecular weight excluding hydrogens is 583 g/mol. The van der Waals surface area contributed by atoms with Gasteiger partial charge >= 0.3 is 15.6 Å². The van der Waals surface area contributed by atoms with E-state index in [2.05, 4.69) is 0 Å². The van der Waals surface area contributed by atoms with Crippen LogP contribution in [-0.2, 0) is 36.3 Å². The summed E-state index contributed by atoms with van der Waals surface area (Å²) in [4.78, 5) is 0. The van der Waals surface area contributed by atoms with Crippen LogP contribution < -0.4 is 0 Å². The molecule has 8 nitrogen and oxygen atoms in total. The summed E-state index contributed by atoms with van der Waals surface area (Å²) in [6, 6.07) is 0. The molecule has 0 saturated heterocycles. The Bertz CT molecular complexity index is 478. The van der Waals surface area contributed by atoms with Gasteiger partial charge < -0.3 is 0 Å². The van der Waals surface area contributed by atoms with E-state index < -0.39 is 21.1 Å². The molecule has 0 amide bonds. The summed E-state index contributed by atoms with van der Waals surface area (Å²) in [5.41, 5.74) is -0.905. The molecule has 0 aromatic heterocycles.